The molecule has 2 nitrogen and oxygen atoms in total. The van der Waals surface area contributed by atoms with Gasteiger partial charge in [-0.15, -0.1) is 0 Å². The Kier molecular flexibility index (Phi) is 8.94. The van der Waals surface area contributed by atoms with Gasteiger partial charge in [0.05, 0.1) is 0 Å². The minimum Gasteiger partial charge on any atom is -0.477 e. The van der Waals surface area contributed by atoms with E-state index in [0.717, 1.165) is 0 Å². The summed E-state index contributed by atoms with van der Waals surface area (Å²) in [7, 11) is 0. The third kappa shape index (κ3) is 4.15. The molecule has 25 heteroatoms. The van der Waals surface area contributed by atoms with E-state index in [1.54, 1.807) is 0 Å². The Morgan fingerprint density at radius 3 is 0.658 bits per heavy atom. The molecule has 0 bridgehead atoms. The van der Waals surface area contributed by atoms with Crippen LogP contribution in [0.1, 0.15) is 7.43 Å². The van der Waals surface area contributed by atoms with Crippen molar-refractivity contribution >= 4 is 5.97 Å². The van der Waals surface area contributed by atoms with E-state index in [2.05, 4.69) is 0 Å². The van der Waals surface area contributed by atoms with Gasteiger partial charge in [-0.3, -0.25) is 0 Å². The fourth-order valence-electron chi connectivity index (χ4n) is 1.89. The highest BCUT2D eigenvalue weighted by Crippen LogP contribution is 2.67. The van der Waals surface area contributed by atoms with E-state index in [4.69, 9.17) is 5.11 Å². The summed E-state index contributed by atoms with van der Waals surface area (Å²) in [4.78, 5) is 9.85. The van der Waals surface area contributed by atoms with Crippen LogP contribution in [0.15, 0.2) is 0 Å². The highest BCUT2D eigenvalue weighted by molar-refractivity contribution is 5.77. The van der Waals surface area contributed by atoms with Gasteiger partial charge in [0, 0.05) is 0 Å². The molecule has 0 aromatic rings. The molecule has 0 aliphatic carbocycles. The van der Waals surface area contributed by atoms with Crippen molar-refractivity contribution in [2.75, 3.05) is 0 Å². The average molecular weight is 630 g/mol. The molecule has 0 aromatic heterocycles. The molecule has 0 aliphatic heterocycles. The molecule has 0 heterocycles. The lowest BCUT2D eigenvalue weighted by Crippen LogP contribution is -2.78. The smallest absolute Gasteiger partial charge is 0.460 e. The van der Waals surface area contributed by atoms with E-state index in [1.807, 2.05) is 0 Å². The molecule has 1 N–H and O–H groups in total. The summed E-state index contributed by atoms with van der Waals surface area (Å²) >= 11 is 0. The van der Waals surface area contributed by atoms with Gasteiger partial charge in [-0.1, -0.05) is 7.43 Å². The number of halogens is 23. The molecule has 0 amide bonds. The molecule has 0 unspecified atom stereocenters. The van der Waals surface area contributed by atoms with Gasteiger partial charge in [0.25, 0.3) is 0 Å². The zero-order valence-corrected chi connectivity index (χ0v) is 15.5. The average Bonchev–Trinajstić information content (AvgIpc) is 2.65. The lowest BCUT2D eigenvalue weighted by molar-refractivity contribution is -0.477. The molecule has 0 aliphatic rings. The van der Waals surface area contributed by atoms with Crippen LogP contribution in [0.25, 0.3) is 0 Å². The summed E-state index contributed by atoms with van der Waals surface area (Å²) in [6, 6.07) is 0. The predicted octanol–water partition coefficient (Wildman–Crippen LogP) is 7.62. The van der Waals surface area contributed by atoms with Crippen molar-refractivity contribution < 1.29 is 111 Å². The van der Waals surface area contributed by atoms with Crippen molar-refractivity contribution in [3.63, 3.8) is 0 Å². The van der Waals surface area contributed by atoms with Crippen LogP contribution in [-0.4, -0.2) is 76.5 Å². The van der Waals surface area contributed by atoms with Crippen molar-refractivity contribution in [3.05, 3.63) is 0 Å². The highest BCUT2D eigenvalue weighted by atomic mass is 19.4. The topological polar surface area (TPSA) is 37.3 Å². The van der Waals surface area contributed by atoms with E-state index in [9.17, 15) is 106 Å². The number of carboxylic acid groups (broad SMARTS) is 1. The van der Waals surface area contributed by atoms with Crippen molar-refractivity contribution in [2.45, 2.75) is 72.8 Å². The van der Waals surface area contributed by atoms with Crippen LogP contribution in [0, 0.1) is 0 Å². The number of carboxylic acids is 1. The highest BCUT2D eigenvalue weighted by Gasteiger charge is 2.99. The quantitative estimate of drug-likeness (QED) is 0.253. The first kappa shape index (κ1) is 38.0. The summed E-state index contributed by atoms with van der Waals surface area (Å²) in [5.74, 6) is -94.6. The van der Waals surface area contributed by atoms with Crippen molar-refractivity contribution in [1.82, 2.24) is 0 Å². The van der Waals surface area contributed by atoms with E-state index in [-0.39, 0.29) is 7.43 Å². The molecule has 230 valence electrons. The maximum atomic E-state index is 13.4. The van der Waals surface area contributed by atoms with Crippen LogP contribution in [0.5, 0.6) is 0 Å². The third-order valence-corrected chi connectivity index (χ3v) is 4.17. The van der Waals surface area contributed by atoms with Crippen LogP contribution < -0.4 is 0 Å². The van der Waals surface area contributed by atoms with Gasteiger partial charge in [0.1, 0.15) is 0 Å². The summed E-state index contributed by atoms with van der Waals surface area (Å²) < 4.78 is 298. The van der Waals surface area contributed by atoms with Crippen molar-refractivity contribution in [3.8, 4) is 0 Å². The molecule has 0 aromatic carbocycles. The fraction of sp³-hybridized carbons (Fsp3) is 0.923. The van der Waals surface area contributed by atoms with E-state index >= 15 is 0 Å². The first-order chi connectivity index (χ1) is 15.4. The second-order valence-corrected chi connectivity index (χ2v) is 6.55. The molecule has 0 saturated heterocycles. The fourth-order valence-corrected chi connectivity index (χ4v) is 1.89. The number of rotatable bonds is 10. The maximum absolute atomic E-state index is 13.4. The molecule has 38 heavy (non-hydrogen) atoms. The van der Waals surface area contributed by atoms with Gasteiger partial charge < -0.3 is 5.11 Å². The monoisotopic (exact) mass is 630 g/mol. The normalized spacial score (nSPS) is 16.3. The van der Waals surface area contributed by atoms with Crippen molar-refractivity contribution in [2.24, 2.45) is 0 Å². The second-order valence-electron chi connectivity index (χ2n) is 6.55. The Morgan fingerprint density at radius 2 is 0.500 bits per heavy atom. The molecule has 0 radical (unpaired) electrons. The van der Waals surface area contributed by atoms with Crippen LogP contribution in [-0.2, 0) is 4.79 Å². The second kappa shape index (κ2) is 8.94. The zero-order valence-electron chi connectivity index (χ0n) is 15.5. The standard InChI is InChI=1S/C12HF23O2.CH4/c13-2(14,1(36)37)3(15,16)4(17,18)5(19,20)6(21,22)7(23,24)8(25,26)9(27,28)10(29,30)11(31,32)12(33,34)35;/h(H,36,37);1H4. The van der Waals surface area contributed by atoms with E-state index < -0.39 is 71.4 Å². The van der Waals surface area contributed by atoms with E-state index in [1.165, 1.54) is 0 Å². The molecule has 0 atom stereocenters. The first-order valence-electron chi connectivity index (χ1n) is 7.52. The molecule has 0 saturated carbocycles. The van der Waals surface area contributed by atoms with Gasteiger partial charge >= 0.3 is 71.4 Å². The van der Waals surface area contributed by atoms with Gasteiger partial charge in [-0.25, -0.2) is 4.79 Å². The molecular weight excluding hydrogens is 625 g/mol. The number of hydrogen-bond acceptors (Lipinski definition) is 1. The lowest BCUT2D eigenvalue weighted by atomic mass is 9.85. The summed E-state index contributed by atoms with van der Waals surface area (Å²) in [5, 5.41) is 7.63. The Morgan fingerprint density at radius 1 is 0.342 bits per heavy atom. The SMILES string of the molecule is C.O=C(O)C(F)(F)C(F)(F)C(F)(F)C(F)(F)C(F)(F)C(F)(F)C(F)(F)C(F)(F)C(F)(F)C(F)(F)C(F)(F)F. The minimum absolute atomic E-state index is 0. The zero-order chi connectivity index (χ0) is 31.1. The predicted molar refractivity (Wildman–Crippen MR) is 69.9 cm³/mol. The number of carbonyl (C=O) groups is 1. The maximum Gasteiger partial charge on any atom is 0.460 e. The van der Waals surface area contributed by atoms with Gasteiger partial charge in [-0.05, 0) is 0 Å². The van der Waals surface area contributed by atoms with Crippen molar-refractivity contribution in [1.29, 1.82) is 0 Å². The molecule has 0 spiro atoms. The van der Waals surface area contributed by atoms with Gasteiger partial charge in [0.2, 0.25) is 0 Å². The Balaban J connectivity index is 0. The Hall–Kier alpha value is -2.14. The largest absolute Gasteiger partial charge is 0.477 e. The number of hydrogen-bond donors (Lipinski definition) is 1. The summed E-state index contributed by atoms with van der Waals surface area (Å²) in [5.41, 5.74) is 0. The summed E-state index contributed by atoms with van der Waals surface area (Å²) in [6.45, 7) is 0. The molecular formula is C13H5F23O2. The minimum atomic E-state index is -9.50. The van der Waals surface area contributed by atoms with Crippen LogP contribution >= 0.6 is 0 Å². The Labute approximate surface area is 191 Å². The van der Waals surface area contributed by atoms with Crippen LogP contribution in [0.4, 0.5) is 101 Å². The third-order valence-electron chi connectivity index (χ3n) is 4.17. The van der Waals surface area contributed by atoms with E-state index in [0.29, 0.717) is 0 Å². The number of aliphatic carboxylic acids is 1. The van der Waals surface area contributed by atoms with Crippen LogP contribution in [0.3, 0.4) is 0 Å². The molecule has 0 fully saturated rings. The first-order valence-corrected chi connectivity index (χ1v) is 7.52. The molecule has 0 rings (SSSR count). The van der Waals surface area contributed by atoms with Crippen LogP contribution in [0.2, 0.25) is 0 Å². The number of alkyl halides is 23. The summed E-state index contributed by atoms with van der Waals surface area (Å²) in [6.07, 6.45) is -8.13. The lowest BCUT2D eigenvalue weighted by Gasteiger charge is -2.44. The Bertz CT molecular complexity index is 880. The van der Waals surface area contributed by atoms with Gasteiger partial charge in [-0.2, -0.15) is 101 Å². The van der Waals surface area contributed by atoms with Gasteiger partial charge in [0.15, 0.2) is 0 Å².